The number of carbonyl (C=O) groups is 2. The molecule has 6 heteroatoms. The quantitative estimate of drug-likeness (QED) is 0.470. The van der Waals surface area contributed by atoms with Crippen LogP contribution in [0.15, 0.2) is 24.0 Å². The molecule has 0 radical (unpaired) electrons. The van der Waals surface area contributed by atoms with Gasteiger partial charge in [0, 0.05) is 31.5 Å². The molecule has 0 N–H and O–H groups in total. The second-order valence-electron chi connectivity index (χ2n) is 6.62. The van der Waals surface area contributed by atoms with Crippen LogP contribution in [-0.2, 0) is 9.59 Å². The maximum atomic E-state index is 12.7. The van der Waals surface area contributed by atoms with Crippen molar-refractivity contribution < 1.29 is 9.59 Å². The van der Waals surface area contributed by atoms with Crippen molar-refractivity contribution in [2.24, 2.45) is 0 Å². The first-order chi connectivity index (χ1) is 12.1. The zero-order valence-electron chi connectivity index (χ0n) is 14.9. The Morgan fingerprint density at radius 3 is 2.24 bits per heavy atom. The molecule has 3 rings (SSSR count). The normalized spacial score (nSPS) is 19.8. The van der Waals surface area contributed by atoms with Gasteiger partial charge in [0.2, 0.25) is 0 Å². The second-order valence-corrected chi connectivity index (χ2v) is 6.99. The Morgan fingerprint density at radius 1 is 1.08 bits per heavy atom. The van der Waals surface area contributed by atoms with Crippen LogP contribution in [0.2, 0.25) is 0 Å². The number of hydrogen-bond acceptors (Lipinski definition) is 3. The molecular formula is C19H25N3O2S. The number of carbonyl (C=O) groups excluding carboxylic acids is 2. The van der Waals surface area contributed by atoms with Crippen LogP contribution in [-0.4, -0.2) is 44.4 Å². The Kier molecular flexibility index (Phi) is 5.37. The van der Waals surface area contributed by atoms with E-state index < -0.39 is 0 Å². The fourth-order valence-corrected chi connectivity index (χ4v) is 4.10. The van der Waals surface area contributed by atoms with E-state index in [1.165, 1.54) is 41.9 Å². The van der Waals surface area contributed by atoms with Crippen molar-refractivity contribution >= 4 is 35.2 Å². The maximum absolute atomic E-state index is 12.7. The van der Waals surface area contributed by atoms with Crippen molar-refractivity contribution in [1.29, 1.82) is 0 Å². The van der Waals surface area contributed by atoms with Crippen LogP contribution in [0, 0.1) is 0 Å². The van der Waals surface area contributed by atoms with Gasteiger partial charge in [-0.3, -0.25) is 19.4 Å². The summed E-state index contributed by atoms with van der Waals surface area (Å²) in [5.41, 5.74) is 1.08. The third kappa shape index (κ3) is 3.40. The molecule has 5 nitrogen and oxygen atoms in total. The molecule has 1 aromatic rings. The molecule has 0 bridgehead atoms. The van der Waals surface area contributed by atoms with Gasteiger partial charge in [-0.25, -0.2) is 0 Å². The van der Waals surface area contributed by atoms with E-state index >= 15 is 0 Å². The van der Waals surface area contributed by atoms with Gasteiger partial charge in [0.1, 0.15) is 5.57 Å². The Bertz CT molecular complexity index is 688. The van der Waals surface area contributed by atoms with E-state index in [0.717, 1.165) is 5.56 Å². The zero-order valence-corrected chi connectivity index (χ0v) is 15.7. The topological polar surface area (TPSA) is 45.6 Å². The van der Waals surface area contributed by atoms with Crippen LogP contribution >= 0.6 is 12.2 Å². The van der Waals surface area contributed by atoms with Gasteiger partial charge in [0.05, 0.1) is 0 Å². The fourth-order valence-electron chi connectivity index (χ4n) is 3.67. The van der Waals surface area contributed by atoms with Gasteiger partial charge in [-0.2, -0.15) is 0 Å². The molecule has 0 spiro atoms. The molecule has 0 atom stereocenters. The third-order valence-electron chi connectivity index (χ3n) is 5.09. The van der Waals surface area contributed by atoms with Crippen LogP contribution < -0.4 is 0 Å². The molecule has 1 saturated carbocycles. The first kappa shape index (κ1) is 17.9. The first-order valence-electron chi connectivity index (χ1n) is 9.13. The predicted molar refractivity (Wildman–Crippen MR) is 102 cm³/mol. The van der Waals surface area contributed by atoms with Crippen LogP contribution in [0.5, 0.6) is 0 Å². The van der Waals surface area contributed by atoms with E-state index in [1.807, 2.05) is 26.1 Å². The highest BCUT2D eigenvalue weighted by atomic mass is 32.1. The van der Waals surface area contributed by atoms with Crippen LogP contribution in [0.1, 0.15) is 57.6 Å². The molecule has 134 valence electrons. The lowest BCUT2D eigenvalue weighted by atomic mass is 9.95. The smallest absolute Gasteiger partial charge is 0.265 e. The van der Waals surface area contributed by atoms with Crippen LogP contribution in [0.3, 0.4) is 0 Å². The van der Waals surface area contributed by atoms with Gasteiger partial charge < -0.3 is 4.57 Å². The summed E-state index contributed by atoms with van der Waals surface area (Å²) in [6.45, 7) is 4.65. The predicted octanol–water partition coefficient (Wildman–Crippen LogP) is 3.37. The van der Waals surface area contributed by atoms with Crippen molar-refractivity contribution in [1.82, 2.24) is 14.4 Å². The van der Waals surface area contributed by atoms with Gasteiger partial charge in [-0.15, -0.1) is 0 Å². The molecule has 2 aliphatic rings. The van der Waals surface area contributed by atoms with Gasteiger partial charge in [0.15, 0.2) is 5.11 Å². The Balaban J connectivity index is 1.88. The molecule has 25 heavy (non-hydrogen) atoms. The molecule has 0 aromatic carbocycles. The SMILES string of the molecule is CCN1C(=O)C(=Cc2ccn(C3CCCCC3)c2)C(=O)N(CC)C1=S. The Morgan fingerprint density at radius 2 is 1.68 bits per heavy atom. The van der Waals surface area contributed by atoms with E-state index in [0.29, 0.717) is 24.2 Å². The lowest BCUT2D eigenvalue weighted by Crippen LogP contribution is -2.55. The average molecular weight is 359 g/mol. The van der Waals surface area contributed by atoms with E-state index in [1.54, 1.807) is 6.08 Å². The highest BCUT2D eigenvalue weighted by Crippen LogP contribution is 2.29. The van der Waals surface area contributed by atoms with Crippen molar-refractivity contribution in [3.8, 4) is 0 Å². The number of aromatic nitrogens is 1. The van der Waals surface area contributed by atoms with Crippen LogP contribution in [0.25, 0.3) is 6.08 Å². The van der Waals surface area contributed by atoms with Crippen LogP contribution in [0.4, 0.5) is 0 Å². The number of rotatable bonds is 4. The number of hydrogen-bond donors (Lipinski definition) is 0. The molecule has 1 aromatic heterocycles. The monoisotopic (exact) mass is 359 g/mol. The zero-order chi connectivity index (χ0) is 18.0. The lowest BCUT2D eigenvalue weighted by molar-refractivity contribution is -0.133. The number of nitrogens with zero attached hydrogens (tertiary/aromatic N) is 3. The summed E-state index contributed by atoms with van der Waals surface area (Å²) < 4.78 is 2.23. The summed E-state index contributed by atoms with van der Waals surface area (Å²) in [5.74, 6) is -0.597. The minimum absolute atomic E-state index is 0.193. The molecule has 2 heterocycles. The van der Waals surface area contributed by atoms with E-state index in [-0.39, 0.29) is 17.4 Å². The molecule has 1 aliphatic heterocycles. The van der Waals surface area contributed by atoms with E-state index in [9.17, 15) is 9.59 Å². The van der Waals surface area contributed by atoms with Gasteiger partial charge >= 0.3 is 0 Å². The molecule has 1 saturated heterocycles. The maximum Gasteiger partial charge on any atom is 0.265 e. The molecule has 2 fully saturated rings. The lowest BCUT2D eigenvalue weighted by Gasteiger charge is -2.35. The summed E-state index contributed by atoms with van der Waals surface area (Å²) in [4.78, 5) is 28.3. The highest BCUT2D eigenvalue weighted by molar-refractivity contribution is 7.80. The van der Waals surface area contributed by atoms with Gasteiger partial charge in [-0.1, -0.05) is 19.3 Å². The van der Waals surface area contributed by atoms with Crippen molar-refractivity contribution in [3.05, 3.63) is 29.6 Å². The molecule has 0 unspecified atom stereocenters. The Labute approximate surface area is 154 Å². The largest absolute Gasteiger partial charge is 0.351 e. The first-order valence-corrected chi connectivity index (χ1v) is 9.54. The fraction of sp³-hybridized carbons (Fsp3) is 0.526. The van der Waals surface area contributed by atoms with Gasteiger partial charge in [-0.05, 0) is 56.6 Å². The van der Waals surface area contributed by atoms with Crippen molar-refractivity contribution in [2.75, 3.05) is 13.1 Å². The summed E-state index contributed by atoms with van der Waals surface area (Å²) in [6.07, 6.45) is 12.1. The molecule has 2 amide bonds. The Hall–Kier alpha value is -1.95. The standard InChI is InChI=1S/C19H25N3O2S/c1-3-21-17(23)16(18(24)22(4-2)19(21)25)12-14-10-11-20(13-14)15-8-6-5-7-9-15/h10-13,15H,3-9H2,1-2H3. The van der Waals surface area contributed by atoms with E-state index in [2.05, 4.69) is 10.8 Å². The summed E-state index contributed by atoms with van der Waals surface area (Å²) >= 11 is 5.29. The average Bonchev–Trinajstić information content (AvgIpc) is 3.09. The second kappa shape index (κ2) is 7.52. The van der Waals surface area contributed by atoms with Gasteiger partial charge in [0.25, 0.3) is 11.8 Å². The minimum atomic E-state index is -0.299. The summed E-state index contributed by atoms with van der Waals surface area (Å²) in [6, 6.07) is 2.51. The molecule has 1 aliphatic carbocycles. The van der Waals surface area contributed by atoms with Crippen molar-refractivity contribution in [2.45, 2.75) is 52.0 Å². The minimum Gasteiger partial charge on any atom is -0.351 e. The number of amides is 2. The number of thiocarbonyl (C=S) groups is 1. The molecular weight excluding hydrogens is 334 g/mol. The highest BCUT2D eigenvalue weighted by Gasteiger charge is 2.37. The van der Waals surface area contributed by atoms with Crippen molar-refractivity contribution in [3.63, 3.8) is 0 Å². The van der Waals surface area contributed by atoms with E-state index in [4.69, 9.17) is 12.2 Å². The summed E-state index contributed by atoms with van der Waals surface area (Å²) in [7, 11) is 0. The number of likely N-dealkylation sites (N-methyl/N-ethyl adjacent to an activating group) is 2. The third-order valence-corrected chi connectivity index (χ3v) is 5.53. The summed E-state index contributed by atoms with van der Waals surface area (Å²) in [5, 5.41) is 0.303.